The molecule has 0 aliphatic carbocycles. The Morgan fingerprint density at radius 2 is 1.58 bits per heavy atom. The van der Waals surface area contributed by atoms with Crippen LogP contribution in [0.4, 0.5) is 17.1 Å². The van der Waals surface area contributed by atoms with Crippen LogP contribution in [-0.4, -0.2) is 47.2 Å². The third-order valence-corrected chi connectivity index (χ3v) is 7.26. The summed E-state index contributed by atoms with van der Waals surface area (Å²) in [5.41, 5.74) is 3.10. The van der Waals surface area contributed by atoms with Crippen molar-refractivity contribution in [1.82, 2.24) is 0 Å². The molecular weight excluding hydrogens is 438 g/mol. The summed E-state index contributed by atoms with van der Waals surface area (Å²) in [6.45, 7) is 4.63. The highest BCUT2D eigenvalue weighted by Gasteiger charge is 2.27. The average molecular weight is 466 g/mol. The molecule has 0 bridgehead atoms. The van der Waals surface area contributed by atoms with E-state index in [2.05, 4.69) is 10.2 Å². The van der Waals surface area contributed by atoms with Crippen molar-refractivity contribution in [2.24, 2.45) is 0 Å². The van der Waals surface area contributed by atoms with Gasteiger partial charge in [-0.2, -0.15) is 0 Å². The molecule has 0 saturated carbocycles. The van der Waals surface area contributed by atoms with Crippen LogP contribution in [0, 0.1) is 6.92 Å². The number of sulfonamides is 1. The van der Waals surface area contributed by atoms with Gasteiger partial charge in [0.05, 0.1) is 23.8 Å². The summed E-state index contributed by atoms with van der Waals surface area (Å²) in [6, 6.07) is 22.7. The molecule has 1 aliphatic rings. The van der Waals surface area contributed by atoms with Crippen LogP contribution in [0.25, 0.3) is 0 Å². The largest absolute Gasteiger partial charge is 0.378 e. The molecule has 33 heavy (non-hydrogen) atoms. The number of nitrogens with zero attached hydrogens (tertiary/aromatic N) is 2. The van der Waals surface area contributed by atoms with Crippen LogP contribution in [0.3, 0.4) is 0 Å². The number of anilines is 3. The molecule has 8 heteroatoms. The number of amides is 1. The zero-order valence-electron chi connectivity index (χ0n) is 18.5. The van der Waals surface area contributed by atoms with Gasteiger partial charge >= 0.3 is 0 Å². The predicted octanol–water partition coefficient (Wildman–Crippen LogP) is 3.67. The lowest BCUT2D eigenvalue weighted by Crippen LogP contribution is -2.38. The monoisotopic (exact) mass is 465 g/mol. The van der Waals surface area contributed by atoms with Gasteiger partial charge < -0.3 is 15.0 Å². The molecule has 3 aromatic carbocycles. The van der Waals surface area contributed by atoms with E-state index >= 15 is 0 Å². The number of hydrogen-bond donors (Lipinski definition) is 1. The van der Waals surface area contributed by atoms with E-state index in [4.69, 9.17) is 4.74 Å². The topological polar surface area (TPSA) is 79.0 Å². The first kappa shape index (κ1) is 22.8. The molecule has 7 nitrogen and oxygen atoms in total. The molecule has 0 unspecified atom stereocenters. The number of morpholine rings is 1. The lowest BCUT2D eigenvalue weighted by molar-refractivity contribution is -0.114. The third kappa shape index (κ3) is 5.53. The summed E-state index contributed by atoms with van der Waals surface area (Å²) >= 11 is 0. The molecule has 4 rings (SSSR count). The lowest BCUT2D eigenvalue weighted by Gasteiger charge is -2.29. The smallest absolute Gasteiger partial charge is 0.264 e. The Bertz CT molecular complexity index is 1170. The second-order valence-electron chi connectivity index (χ2n) is 7.85. The Hall–Kier alpha value is -3.36. The molecule has 0 aromatic heterocycles. The SMILES string of the molecule is Cc1ccc(N(CC(=O)Nc2ccc(N3CCOCC3)cc2)S(=O)(=O)c2ccccc2)cc1. The van der Waals surface area contributed by atoms with E-state index in [0.29, 0.717) is 24.6 Å². The molecule has 0 radical (unpaired) electrons. The van der Waals surface area contributed by atoms with Crippen LogP contribution in [0.5, 0.6) is 0 Å². The predicted molar refractivity (Wildman–Crippen MR) is 130 cm³/mol. The molecule has 1 fully saturated rings. The highest BCUT2D eigenvalue weighted by molar-refractivity contribution is 7.92. The zero-order chi connectivity index (χ0) is 23.3. The van der Waals surface area contributed by atoms with Gasteiger partial charge in [0.25, 0.3) is 10.0 Å². The van der Waals surface area contributed by atoms with Gasteiger partial charge in [-0.05, 0) is 55.5 Å². The highest BCUT2D eigenvalue weighted by atomic mass is 32.2. The Kier molecular flexibility index (Phi) is 6.96. The number of carbonyl (C=O) groups is 1. The summed E-state index contributed by atoms with van der Waals surface area (Å²) < 4.78 is 33.2. The van der Waals surface area contributed by atoms with E-state index in [1.807, 2.05) is 43.3 Å². The maximum atomic E-state index is 13.4. The quantitative estimate of drug-likeness (QED) is 0.576. The van der Waals surface area contributed by atoms with Crippen molar-refractivity contribution in [3.05, 3.63) is 84.4 Å². The molecule has 1 saturated heterocycles. The maximum absolute atomic E-state index is 13.4. The summed E-state index contributed by atoms with van der Waals surface area (Å²) in [5, 5.41) is 2.82. The van der Waals surface area contributed by atoms with Gasteiger partial charge in [0, 0.05) is 24.5 Å². The summed E-state index contributed by atoms with van der Waals surface area (Å²) in [6.07, 6.45) is 0. The minimum Gasteiger partial charge on any atom is -0.378 e. The number of carbonyl (C=O) groups excluding carboxylic acids is 1. The fourth-order valence-electron chi connectivity index (χ4n) is 3.65. The number of benzene rings is 3. The van der Waals surface area contributed by atoms with Crippen LogP contribution in [0.1, 0.15) is 5.56 Å². The van der Waals surface area contributed by atoms with Crippen molar-refractivity contribution in [3.63, 3.8) is 0 Å². The van der Waals surface area contributed by atoms with Gasteiger partial charge in [-0.3, -0.25) is 9.10 Å². The van der Waals surface area contributed by atoms with E-state index in [1.54, 1.807) is 30.3 Å². The van der Waals surface area contributed by atoms with Crippen molar-refractivity contribution < 1.29 is 17.9 Å². The Labute approximate surface area is 194 Å². The van der Waals surface area contributed by atoms with Crippen LogP contribution in [-0.2, 0) is 19.6 Å². The minimum absolute atomic E-state index is 0.133. The molecular formula is C25H27N3O4S. The van der Waals surface area contributed by atoms with Crippen LogP contribution >= 0.6 is 0 Å². The van der Waals surface area contributed by atoms with Crippen molar-refractivity contribution >= 4 is 33.0 Å². The molecule has 172 valence electrons. The molecule has 1 aliphatic heterocycles. The second-order valence-corrected chi connectivity index (χ2v) is 9.72. The van der Waals surface area contributed by atoms with Crippen molar-refractivity contribution in [1.29, 1.82) is 0 Å². The first-order valence-electron chi connectivity index (χ1n) is 10.8. The van der Waals surface area contributed by atoms with Crippen molar-refractivity contribution in [3.8, 4) is 0 Å². The third-order valence-electron chi connectivity index (χ3n) is 5.47. The molecule has 3 aromatic rings. The first-order chi connectivity index (χ1) is 15.9. The maximum Gasteiger partial charge on any atom is 0.264 e. The standard InChI is InChI=1S/C25H27N3O4S/c1-20-7-11-23(12-8-20)28(33(30,31)24-5-3-2-4-6-24)19-25(29)26-21-9-13-22(14-10-21)27-15-17-32-18-16-27/h2-14H,15-19H2,1H3,(H,26,29). The molecule has 1 amide bonds. The van der Waals surface area contributed by atoms with Gasteiger partial charge in [0.1, 0.15) is 6.54 Å². The van der Waals surface area contributed by atoms with Gasteiger partial charge in [0.15, 0.2) is 0 Å². The van der Waals surface area contributed by atoms with Crippen LogP contribution < -0.4 is 14.5 Å². The van der Waals surface area contributed by atoms with E-state index in [0.717, 1.165) is 28.6 Å². The first-order valence-corrected chi connectivity index (χ1v) is 12.2. The van der Waals surface area contributed by atoms with E-state index in [9.17, 15) is 13.2 Å². The Balaban J connectivity index is 1.52. The Morgan fingerprint density at radius 3 is 2.21 bits per heavy atom. The fraction of sp³-hybridized carbons (Fsp3) is 0.240. The van der Waals surface area contributed by atoms with Gasteiger partial charge in [-0.25, -0.2) is 8.42 Å². The van der Waals surface area contributed by atoms with Gasteiger partial charge in [-0.1, -0.05) is 35.9 Å². The fourth-order valence-corrected chi connectivity index (χ4v) is 5.10. The van der Waals surface area contributed by atoms with Crippen LogP contribution in [0.15, 0.2) is 83.8 Å². The van der Waals surface area contributed by atoms with E-state index < -0.39 is 15.9 Å². The molecule has 1 N–H and O–H groups in total. The minimum atomic E-state index is -3.92. The number of aryl methyl sites for hydroxylation is 1. The number of rotatable bonds is 7. The summed E-state index contributed by atoms with van der Waals surface area (Å²) in [4.78, 5) is 15.2. The highest BCUT2D eigenvalue weighted by Crippen LogP contribution is 2.24. The normalized spacial score (nSPS) is 14.0. The van der Waals surface area contributed by atoms with Crippen LogP contribution in [0.2, 0.25) is 0 Å². The average Bonchev–Trinajstić information content (AvgIpc) is 2.85. The summed E-state index contributed by atoms with van der Waals surface area (Å²) in [7, 11) is -3.92. The molecule has 0 spiro atoms. The van der Waals surface area contributed by atoms with Crippen molar-refractivity contribution in [2.75, 3.05) is 47.4 Å². The zero-order valence-corrected chi connectivity index (χ0v) is 19.3. The number of hydrogen-bond acceptors (Lipinski definition) is 5. The summed E-state index contributed by atoms with van der Waals surface area (Å²) in [5.74, 6) is -0.422. The Morgan fingerprint density at radius 1 is 0.939 bits per heavy atom. The van der Waals surface area contributed by atoms with Crippen molar-refractivity contribution in [2.45, 2.75) is 11.8 Å². The van der Waals surface area contributed by atoms with E-state index in [1.165, 1.54) is 12.1 Å². The second kappa shape index (κ2) is 10.1. The van der Waals surface area contributed by atoms with Gasteiger partial charge in [0.2, 0.25) is 5.91 Å². The molecule has 0 atom stereocenters. The van der Waals surface area contributed by atoms with Gasteiger partial charge in [-0.15, -0.1) is 0 Å². The lowest BCUT2D eigenvalue weighted by atomic mass is 10.2. The molecule has 1 heterocycles. The number of nitrogens with one attached hydrogen (secondary N) is 1. The number of ether oxygens (including phenoxy) is 1. The van der Waals surface area contributed by atoms with E-state index in [-0.39, 0.29) is 11.4 Å².